The smallest absolute Gasteiger partial charge is 0.271 e. The molecule has 0 bridgehead atoms. The summed E-state index contributed by atoms with van der Waals surface area (Å²) in [5.41, 5.74) is 1.28. The van der Waals surface area contributed by atoms with Crippen LogP contribution in [0.4, 0.5) is 0 Å². The van der Waals surface area contributed by atoms with E-state index >= 15 is 0 Å². The van der Waals surface area contributed by atoms with Crippen LogP contribution in [0.1, 0.15) is 31.2 Å². The summed E-state index contributed by atoms with van der Waals surface area (Å²) in [5, 5.41) is 1.08. The monoisotopic (exact) mass is 402 g/mol. The van der Waals surface area contributed by atoms with Crippen molar-refractivity contribution in [3.8, 4) is 0 Å². The number of halogens is 3. The van der Waals surface area contributed by atoms with Crippen molar-refractivity contribution in [1.82, 2.24) is 18.5 Å². The molecule has 0 saturated carbocycles. The van der Waals surface area contributed by atoms with E-state index in [0.717, 1.165) is 9.54 Å². The van der Waals surface area contributed by atoms with E-state index in [1.165, 1.54) is 4.57 Å². The van der Waals surface area contributed by atoms with Crippen LogP contribution in [0, 0.1) is 0 Å². The lowest BCUT2D eigenvalue weighted by molar-refractivity contribution is 0.748. The molecule has 0 spiro atoms. The molecule has 24 heavy (non-hydrogen) atoms. The molecule has 9 heteroatoms. The van der Waals surface area contributed by atoms with Crippen molar-refractivity contribution >= 4 is 58.8 Å². The number of thiol groups is 1. The van der Waals surface area contributed by atoms with Crippen molar-refractivity contribution in [3.05, 3.63) is 55.3 Å². The zero-order valence-corrected chi connectivity index (χ0v) is 16.0. The molecular weight excluding hydrogens is 391 g/mol. The third kappa shape index (κ3) is 3.04. The second kappa shape index (κ2) is 6.59. The molecule has 2 heterocycles. The molecule has 0 unspecified atom stereocenters. The van der Waals surface area contributed by atoms with Gasteiger partial charge in [0.25, 0.3) is 0 Å². The minimum absolute atomic E-state index is 0.0729. The van der Waals surface area contributed by atoms with E-state index in [9.17, 15) is 4.79 Å². The van der Waals surface area contributed by atoms with Gasteiger partial charge in [0.1, 0.15) is 11.3 Å². The lowest BCUT2D eigenvalue weighted by atomic mass is 10.2. The number of benzene rings is 1. The summed E-state index contributed by atoms with van der Waals surface area (Å²) in [4.78, 5) is 21.3. The van der Waals surface area contributed by atoms with Crippen molar-refractivity contribution in [1.29, 1.82) is 0 Å². The van der Waals surface area contributed by atoms with E-state index < -0.39 is 0 Å². The van der Waals surface area contributed by atoms with Crippen LogP contribution in [-0.2, 0) is 6.54 Å². The number of hydrogen-bond acceptors (Lipinski definition) is 4. The first-order valence-corrected chi connectivity index (χ1v) is 8.65. The topological polar surface area (TPSA) is 52.7 Å². The summed E-state index contributed by atoms with van der Waals surface area (Å²) in [6, 6.07) is 5.20. The van der Waals surface area contributed by atoms with Gasteiger partial charge >= 0.3 is 5.69 Å². The predicted octanol–water partition coefficient (Wildman–Crippen LogP) is 4.42. The van der Waals surface area contributed by atoms with Gasteiger partial charge in [-0.3, -0.25) is 4.57 Å². The van der Waals surface area contributed by atoms with Crippen molar-refractivity contribution in [2.75, 3.05) is 0 Å². The molecule has 0 fully saturated rings. The Balaban J connectivity index is 2.21. The Morgan fingerprint density at radius 2 is 1.88 bits per heavy atom. The van der Waals surface area contributed by atoms with Crippen molar-refractivity contribution in [2.24, 2.45) is 0 Å². The van der Waals surface area contributed by atoms with Crippen LogP contribution in [0.3, 0.4) is 0 Å². The molecule has 3 aromatic rings. The molecule has 0 radical (unpaired) electrons. The second-order valence-electron chi connectivity index (χ2n) is 5.63. The van der Waals surface area contributed by atoms with Crippen LogP contribution in [0.2, 0.25) is 15.2 Å². The zero-order valence-electron chi connectivity index (χ0n) is 12.8. The van der Waals surface area contributed by atoms with Crippen LogP contribution < -0.4 is 5.69 Å². The number of nitrogens with zero attached hydrogens (tertiary/aromatic N) is 4. The van der Waals surface area contributed by atoms with Gasteiger partial charge in [-0.1, -0.05) is 67.5 Å². The molecule has 0 aliphatic carbocycles. The van der Waals surface area contributed by atoms with E-state index in [-0.39, 0.29) is 23.3 Å². The molecule has 3 rings (SSSR count). The van der Waals surface area contributed by atoms with Gasteiger partial charge in [-0.05, 0) is 17.7 Å². The van der Waals surface area contributed by atoms with Gasteiger partial charge in [0, 0.05) is 5.92 Å². The molecule has 0 N–H and O–H groups in total. The molecule has 2 aromatic heterocycles. The van der Waals surface area contributed by atoms with E-state index in [0.29, 0.717) is 27.0 Å². The molecular formula is C15H13Cl3N4OS. The van der Waals surface area contributed by atoms with Gasteiger partial charge in [0.2, 0.25) is 0 Å². The maximum absolute atomic E-state index is 12.5. The summed E-state index contributed by atoms with van der Waals surface area (Å²) >= 11 is 22.4. The molecule has 0 aliphatic rings. The minimum Gasteiger partial charge on any atom is -0.271 e. The van der Waals surface area contributed by atoms with Crippen molar-refractivity contribution in [3.63, 3.8) is 0 Å². The summed E-state index contributed by atoms with van der Waals surface area (Å²) < 4.78 is 2.64. The highest BCUT2D eigenvalue weighted by atomic mass is 35.5. The van der Waals surface area contributed by atoms with Crippen LogP contribution in [0.15, 0.2) is 23.0 Å². The SMILES string of the molecule is CC(C)c1nc(Cl)c2c(n1)n(Cc1ccc(Cl)c(Cl)c1)c(=O)n2S. The highest BCUT2D eigenvalue weighted by Crippen LogP contribution is 2.26. The Morgan fingerprint density at radius 3 is 2.50 bits per heavy atom. The minimum atomic E-state index is -0.350. The van der Waals surface area contributed by atoms with Gasteiger partial charge in [0.15, 0.2) is 10.8 Å². The molecule has 5 nitrogen and oxygen atoms in total. The highest BCUT2D eigenvalue weighted by molar-refractivity contribution is 7.78. The number of fused-ring (bicyclic) bond motifs is 1. The molecule has 0 atom stereocenters. The second-order valence-corrected chi connectivity index (χ2v) is 7.20. The van der Waals surface area contributed by atoms with E-state index in [1.807, 2.05) is 13.8 Å². The Hall–Kier alpha value is -1.21. The standard InChI is InChI=1S/C15H13Cl3N4OS/c1-7(2)13-19-12(18)11-14(20-13)21(15(23)22(11)24)6-8-3-4-9(16)10(17)5-8/h3-5,7,24H,6H2,1-2H3. The molecule has 1 aromatic carbocycles. The fourth-order valence-electron chi connectivity index (χ4n) is 2.32. The Kier molecular flexibility index (Phi) is 4.84. The highest BCUT2D eigenvalue weighted by Gasteiger charge is 2.19. The predicted molar refractivity (Wildman–Crippen MR) is 101 cm³/mol. The fourth-order valence-corrected chi connectivity index (χ4v) is 3.25. The number of imidazole rings is 1. The lowest BCUT2D eigenvalue weighted by Gasteiger charge is -2.07. The van der Waals surface area contributed by atoms with Crippen LogP contribution in [-0.4, -0.2) is 18.5 Å². The van der Waals surface area contributed by atoms with Crippen LogP contribution in [0.5, 0.6) is 0 Å². The summed E-state index contributed by atoms with van der Waals surface area (Å²) in [7, 11) is 0. The normalized spacial score (nSPS) is 11.6. The van der Waals surface area contributed by atoms with Gasteiger partial charge in [-0.15, -0.1) is 0 Å². The van der Waals surface area contributed by atoms with Gasteiger partial charge in [-0.2, -0.15) is 0 Å². The Morgan fingerprint density at radius 1 is 1.17 bits per heavy atom. The number of rotatable bonds is 3. The van der Waals surface area contributed by atoms with Crippen molar-refractivity contribution < 1.29 is 0 Å². The number of aromatic nitrogens is 4. The maximum Gasteiger partial charge on any atom is 0.340 e. The van der Waals surface area contributed by atoms with E-state index in [2.05, 4.69) is 22.8 Å². The molecule has 0 aliphatic heterocycles. The fraction of sp³-hybridized carbons (Fsp3) is 0.267. The molecule has 0 saturated heterocycles. The first-order chi connectivity index (χ1) is 11.3. The van der Waals surface area contributed by atoms with Gasteiger partial charge in [-0.25, -0.2) is 18.7 Å². The van der Waals surface area contributed by atoms with Crippen LogP contribution in [0.25, 0.3) is 11.2 Å². The molecule has 126 valence electrons. The zero-order chi connectivity index (χ0) is 17.6. The first-order valence-electron chi connectivity index (χ1n) is 7.11. The Bertz CT molecular complexity index is 997. The Labute approximate surface area is 158 Å². The first kappa shape index (κ1) is 17.6. The number of hydrogen-bond donors (Lipinski definition) is 1. The van der Waals surface area contributed by atoms with E-state index in [4.69, 9.17) is 34.8 Å². The van der Waals surface area contributed by atoms with Crippen LogP contribution >= 0.6 is 47.6 Å². The third-order valence-electron chi connectivity index (χ3n) is 3.56. The third-order valence-corrected chi connectivity index (χ3v) is 4.93. The molecule has 0 amide bonds. The average Bonchev–Trinajstić information content (AvgIpc) is 2.76. The summed E-state index contributed by atoms with van der Waals surface area (Å²) in [6.45, 7) is 4.18. The quantitative estimate of drug-likeness (QED) is 0.520. The summed E-state index contributed by atoms with van der Waals surface area (Å²) in [5.74, 6) is 0.637. The van der Waals surface area contributed by atoms with E-state index in [1.54, 1.807) is 18.2 Å². The van der Waals surface area contributed by atoms with Gasteiger partial charge < -0.3 is 0 Å². The van der Waals surface area contributed by atoms with Gasteiger partial charge in [0.05, 0.1) is 16.6 Å². The van der Waals surface area contributed by atoms with Crippen molar-refractivity contribution in [2.45, 2.75) is 26.3 Å². The average molecular weight is 404 g/mol. The maximum atomic E-state index is 12.5. The largest absolute Gasteiger partial charge is 0.340 e. The summed E-state index contributed by atoms with van der Waals surface area (Å²) in [6.07, 6.45) is 0. The lowest BCUT2D eigenvalue weighted by Crippen LogP contribution is -2.21.